The summed E-state index contributed by atoms with van der Waals surface area (Å²) in [4.78, 5) is 0. The van der Waals surface area contributed by atoms with Crippen molar-refractivity contribution in [3.63, 3.8) is 0 Å². The molecule has 0 amide bonds. The van der Waals surface area contributed by atoms with E-state index in [0.29, 0.717) is 0 Å². The molecule has 0 saturated carbocycles. The van der Waals surface area contributed by atoms with Gasteiger partial charge in [0, 0.05) is 5.92 Å². The van der Waals surface area contributed by atoms with E-state index in [4.69, 9.17) is 0 Å². The number of hydrogen-bond donors (Lipinski definition) is 0. The minimum Gasteiger partial charge on any atom is -0.236 e. The average molecular weight is 211 g/mol. The smallest absolute Gasteiger partial charge is 0.0888 e. The third kappa shape index (κ3) is 2.15. The molecule has 0 N–H and O–H groups in total. The van der Waals surface area contributed by atoms with Crippen LogP contribution >= 0.6 is 0 Å². The fourth-order valence-electron chi connectivity index (χ4n) is 1.90. The van der Waals surface area contributed by atoms with Gasteiger partial charge in [-0.25, -0.2) is 5.11 Å². The summed E-state index contributed by atoms with van der Waals surface area (Å²) in [6, 6.07) is 18.3. The highest BCUT2D eigenvalue weighted by atomic mass is 16.3. The van der Waals surface area contributed by atoms with Crippen molar-refractivity contribution in [3.05, 3.63) is 60.2 Å². The second-order valence-electron chi connectivity index (χ2n) is 4.02. The van der Waals surface area contributed by atoms with Crippen LogP contribution in [-0.2, 0) is 5.11 Å². The molecule has 1 nitrogen and oxygen atoms in total. The van der Waals surface area contributed by atoms with Gasteiger partial charge in [-0.15, -0.1) is 0 Å². The lowest BCUT2D eigenvalue weighted by Gasteiger charge is -2.13. The van der Waals surface area contributed by atoms with Crippen LogP contribution in [0.5, 0.6) is 0 Å². The van der Waals surface area contributed by atoms with E-state index in [9.17, 15) is 5.11 Å². The molecule has 1 heteroatoms. The van der Waals surface area contributed by atoms with E-state index >= 15 is 0 Å². The monoisotopic (exact) mass is 211 g/mol. The van der Waals surface area contributed by atoms with Gasteiger partial charge in [-0.2, -0.15) is 0 Å². The molecule has 81 valence electrons. The van der Waals surface area contributed by atoms with E-state index in [-0.39, 0.29) is 12.5 Å². The predicted octanol–water partition coefficient (Wildman–Crippen LogP) is 3.89. The van der Waals surface area contributed by atoms with Gasteiger partial charge in [-0.3, -0.25) is 0 Å². The Morgan fingerprint density at radius 2 is 1.56 bits per heavy atom. The Bertz CT molecular complexity index is 448. The van der Waals surface area contributed by atoms with E-state index in [1.807, 2.05) is 43.3 Å². The first kappa shape index (κ1) is 10.9. The molecule has 0 heterocycles. The topological polar surface area (TPSA) is 19.9 Å². The van der Waals surface area contributed by atoms with Crippen LogP contribution in [0.25, 0.3) is 11.1 Å². The zero-order valence-corrected chi connectivity index (χ0v) is 9.39. The lowest BCUT2D eigenvalue weighted by molar-refractivity contribution is 0.177. The van der Waals surface area contributed by atoms with Crippen LogP contribution in [0.15, 0.2) is 54.6 Å². The highest BCUT2D eigenvalue weighted by Gasteiger charge is 2.10. The Labute approximate surface area is 96.4 Å². The van der Waals surface area contributed by atoms with Crippen LogP contribution in [0.3, 0.4) is 0 Å². The van der Waals surface area contributed by atoms with Crippen molar-refractivity contribution in [2.75, 3.05) is 6.61 Å². The molecule has 2 rings (SSSR count). The van der Waals surface area contributed by atoms with Crippen molar-refractivity contribution in [3.8, 4) is 11.1 Å². The van der Waals surface area contributed by atoms with Crippen molar-refractivity contribution in [1.82, 2.24) is 0 Å². The Hall–Kier alpha value is -1.60. The molecule has 0 aromatic heterocycles. The van der Waals surface area contributed by atoms with E-state index < -0.39 is 0 Å². The molecule has 2 aromatic carbocycles. The molecule has 0 aliphatic heterocycles. The van der Waals surface area contributed by atoms with Crippen LogP contribution in [0.1, 0.15) is 18.4 Å². The van der Waals surface area contributed by atoms with Crippen LogP contribution in [0.4, 0.5) is 0 Å². The summed E-state index contributed by atoms with van der Waals surface area (Å²) >= 11 is 0. The van der Waals surface area contributed by atoms with Gasteiger partial charge < -0.3 is 0 Å². The first-order valence-corrected chi connectivity index (χ1v) is 5.55. The summed E-state index contributed by atoms with van der Waals surface area (Å²) in [5, 5.41) is 11.0. The molecule has 16 heavy (non-hydrogen) atoms. The van der Waals surface area contributed by atoms with Crippen LogP contribution in [0.2, 0.25) is 0 Å². The second-order valence-corrected chi connectivity index (χ2v) is 4.02. The van der Waals surface area contributed by atoms with Gasteiger partial charge in [0.05, 0.1) is 6.61 Å². The molecular formula is C15H15O. The van der Waals surface area contributed by atoms with E-state index in [1.54, 1.807) is 0 Å². The maximum atomic E-state index is 11.0. The number of benzene rings is 2. The van der Waals surface area contributed by atoms with Gasteiger partial charge in [-0.1, -0.05) is 61.5 Å². The Morgan fingerprint density at radius 3 is 2.25 bits per heavy atom. The fraction of sp³-hybridized carbons (Fsp3) is 0.200. The lowest BCUT2D eigenvalue weighted by atomic mass is 9.92. The lowest BCUT2D eigenvalue weighted by Crippen LogP contribution is -1.99. The highest BCUT2D eigenvalue weighted by molar-refractivity contribution is 5.67. The first-order valence-electron chi connectivity index (χ1n) is 5.55. The number of hydrogen-bond acceptors (Lipinski definition) is 0. The molecule has 2 aromatic rings. The fourth-order valence-corrected chi connectivity index (χ4v) is 1.90. The molecule has 1 atom stereocenters. The number of rotatable bonds is 3. The molecule has 0 bridgehead atoms. The van der Waals surface area contributed by atoms with Crippen molar-refractivity contribution < 1.29 is 5.11 Å². The van der Waals surface area contributed by atoms with Crippen LogP contribution in [-0.4, -0.2) is 6.61 Å². The minimum atomic E-state index is -0.0656. The standard InChI is InChI=1S/C15H15O/c1-12(11-16)14-9-5-6-10-15(14)13-7-3-2-4-8-13/h2-10,12H,11H2,1H3. The van der Waals surface area contributed by atoms with Gasteiger partial charge in [0.15, 0.2) is 0 Å². The zero-order valence-electron chi connectivity index (χ0n) is 9.39. The maximum Gasteiger partial charge on any atom is 0.0888 e. The highest BCUT2D eigenvalue weighted by Crippen LogP contribution is 2.28. The van der Waals surface area contributed by atoms with E-state index in [2.05, 4.69) is 18.2 Å². The van der Waals surface area contributed by atoms with Gasteiger partial charge in [0.25, 0.3) is 0 Å². The van der Waals surface area contributed by atoms with Gasteiger partial charge in [0.2, 0.25) is 0 Å². The molecule has 0 fully saturated rings. The molecule has 0 spiro atoms. The van der Waals surface area contributed by atoms with Gasteiger partial charge >= 0.3 is 0 Å². The average Bonchev–Trinajstić information content (AvgIpc) is 2.39. The molecule has 0 saturated heterocycles. The first-order chi connectivity index (χ1) is 7.83. The summed E-state index contributed by atoms with van der Waals surface area (Å²) in [5.41, 5.74) is 3.49. The molecule has 1 radical (unpaired) electrons. The summed E-state index contributed by atoms with van der Waals surface area (Å²) in [5.74, 6) is 0.0661. The third-order valence-electron chi connectivity index (χ3n) is 2.83. The third-order valence-corrected chi connectivity index (χ3v) is 2.83. The SMILES string of the molecule is CC(C[O])c1ccccc1-c1ccccc1. The minimum absolute atomic E-state index is 0.0656. The summed E-state index contributed by atoms with van der Waals surface area (Å²) < 4.78 is 0. The van der Waals surface area contributed by atoms with E-state index in [1.165, 1.54) is 11.1 Å². The largest absolute Gasteiger partial charge is 0.236 e. The summed E-state index contributed by atoms with van der Waals surface area (Å²) in [6.07, 6.45) is 0. The van der Waals surface area contributed by atoms with Crippen molar-refractivity contribution in [1.29, 1.82) is 0 Å². The Balaban J connectivity index is 2.49. The second kappa shape index (κ2) is 4.95. The van der Waals surface area contributed by atoms with E-state index in [0.717, 1.165) is 5.56 Å². The van der Waals surface area contributed by atoms with Crippen LogP contribution < -0.4 is 0 Å². The zero-order chi connectivity index (χ0) is 11.4. The molecule has 0 aliphatic carbocycles. The molecule has 0 aliphatic rings. The Morgan fingerprint density at radius 1 is 0.938 bits per heavy atom. The van der Waals surface area contributed by atoms with Crippen molar-refractivity contribution >= 4 is 0 Å². The van der Waals surface area contributed by atoms with Gasteiger partial charge in [-0.05, 0) is 16.7 Å². The maximum absolute atomic E-state index is 11.0. The van der Waals surface area contributed by atoms with Gasteiger partial charge in [0.1, 0.15) is 0 Å². The summed E-state index contributed by atoms with van der Waals surface area (Å²) in [7, 11) is 0. The van der Waals surface area contributed by atoms with Crippen LogP contribution in [0, 0.1) is 0 Å². The predicted molar refractivity (Wildman–Crippen MR) is 65.8 cm³/mol. The summed E-state index contributed by atoms with van der Waals surface area (Å²) in [6.45, 7) is 1.92. The van der Waals surface area contributed by atoms with Crippen molar-refractivity contribution in [2.24, 2.45) is 0 Å². The quantitative estimate of drug-likeness (QED) is 0.734. The normalized spacial score (nSPS) is 12.4. The molecule has 1 unspecified atom stereocenters. The Kier molecular flexibility index (Phi) is 3.37. The molecular weight excluding hydrogens is 196 g/mol. The van der Waals surface area contributed by atoms with Crippen molar-refractivity contribution in [2.45, 2.75) is 12.8 Å².